The van der Waals surface area contributed by atoms with E-state index in [0.717, 1.165) is 19.4 Å². The van der Waals surface area contributed by atoms with E-state index in [9.17, 15) is 9.59 Å². The van der Waals surface area contributed by atoms with E-state index in [1.807, 2.05) is 0 Å². The van der Waals surface area contributed by atoms with Gasteiger partial charge in [0.05, 0.1) is 6.10 Å². The maximum Gasteiger partial charge on any atom is 0.269 e. The van der Waals surface area contributed by atoms with Crippen molar-refractivity contribution in [3.63, 3.8) is 0 Å². The zero-order valence-corrected chi connectivity index (χ0v) is 15.1. The SMILES string of the molecule is O=C(NNC(=O)c1ccc2c(c1)OCO2)c1ccc(OC[C@H]2CCCO2)cc1. The smallest absolute Gasteiger partial charge is 0.269 e. The number of carbonyl (C=O) groups excluding carboxylic acids is 2. The van der Waals surface area contributed by atoms with Crippen molar-refractivity contribution in [3.8, 4) is 17.2 Å². The Bertz CT molecular complexity index is 861. The number of ether oxygens (including phenoxy) is 4. The van der Waals surface area contributed by atoms with Crippen molar-refractivity contribution in [1.82, 2.24) is 10.9 Å². The zero-order valence-electron chi connectivity index (χ0n) is 15.1. The minimum Gasteiger partial charge on any atom is -0.491 e. The van der Waals surface area contributed by atoms with Crippen molar-refractivity contribution in [2.24, 2.45) is 0 Å². The number of carbonyl (C=O) groups is 2. The van der Waals surface area contributed by atoms with Crippen LogP contribution >= 0.6 is 0 Å². The first kappa shape index (κ1) is 18.1. The summed E-state index contributed by atoms with van der Waals surface area (Å²) >= 11 is 0. The Balaban J connectivity index is 1.27. The van der Waals surface area contributed by atoms with Crippen molar-refractivity contribution < 1.29 is 28.5 Å². The number of hydrogen-bond donors (Lipinski definition) is 2. The van der Waals surface area contributed by atoms with E-state index < -0.39 is 11.8 Å². The van der Waals surface area contributed by atoms with Crippen LogP contribution < -0.4 is 25.1 Å². The van der Waals surface area contributed by atoms with Crippen LogP contribution in [0.25, 0.3) is 0 Å². The lowest BCUT2D eigenvalue weighted by atomic mass is 10.2. The predicted molar refractivity (Wildman–Crippen MR) is 98.4 cm³/mol. The minimum atomic E-state index is -0.455. The van der Waals surface area contributed by atoms with E-state index in [-0.39, 0.29) is 12.9 Å². The summed E-state index contributed by atoms with van der Waals surface area (Å²) in [5, 5.41) is 0. The Hall–Kier alpha value is -3.26. The van der Waals surface area contributed by atoms with Crippen LogP contribution in [0.4, 0.5) is 0 Å². The largest absolute Gasteiger partial charge is 0.491 e. The zero-order chi connectivity index (χ0) is 19.3. The van der Waals surface area contributed by atoms with E-state index in [1.54, 1.807) is 42.5 Å². The quantitative estimate of drug-likeness (QED) is 0.766. The first-order valence-electron chi connectivity index (χ1n) is 9.04. The van der Waals surface area contributed by atoms with Crippen molar-refractivity contribution in [2.75, 3.05) is 20.0 Å². The molecule has 0 aromatic heterocycles. The predicted octanol–water partition coefficient (Wildman–Crippen LogP) is 2.05. The van der Waals surface area contributed by atoms with Crippen LogP contribution in [-0.4, -0.2) is 37.9 Å². The maximum atomic E-state index is 12.2. The molecule has 1 saturated heterocycles. The van der Waals surface area contributed by atoms with Gasteiger partial charge in [-0.05, 0) is 55.3 Å². The van der Waals surface area contributed by atoms with Crippen LogP contribution in [-0.2, 0) is 4.74 Å². The molecule has 0 spiro atoms. The molecular weight excluding hydrogens is 364 g/mol. The standard InChI is InChI=1S/C20H20N2O6/c23-19(13-3-6-15(7-4-13)26-11-16-2-1-9-25-16)21-22-20(24)14-5-8-17-18(10-14)28-12-27-17/h3-8,10,16H,1-2,9,11-12H2,(H,21,23)(H,22,24)/t16-/m1/s1. The molecule has 0 aliphatic carbocycles. The lowest BCUT2D eigenvalue weighted by Crippen LogP contribution is -2.41. The van der Waals surface area contributed by atoms with E-state index >= 15 is 0 Å². The van der Waals surface area contributed by atoms with Crippen molar-refractivity contribution in [3.05, 3.63) is 53.6 Å². The third-order valence-corrected chi connectivity index (χ3v) is 4.50. The molecule has 1 fully saturated rings. The van der Waals surface area contributed by atoms with Gasteiger partial charge < -0.3 is 18.9 Å². The number of rotatable bonds is 5. The van der Waals surface area contributed by atoms with E-state index in [2.05, 4.69) is 10.9 Å². The Kier molecular flexibility index (Phi) is 5.29. The van der Waals surface area contributed by atoms with Gasteiger partial charge in [0.15, 0.2) is 11.5 Å². The highest BCUT2D eigenvalue weighted by atomic mass is 16.7. The Labute approximate surface area is 161 Å². The highest BCUT2D eigenvalue weighted by Crippen LogP contribution is 2.32. The molecule has 2 aromatic carbocycles. The van der Waals surface area contributed by atoms with Crippen molar-refractivity contribution >= 4 is 11.8 Å². The molecule has 2 amide bonds. The lowest BCUT2D eigenvalue weighted by Gasteiger charge is -2.12. The molecular formula is C20H20N2O6. The van der Waals surface area contributed by atoms with Crippen LogP contribution in [0.5, 0.6) is 17.2 Å². The van der Waals surface area contributed by atoms with Crippen LogP contribution in [0.3, 0.4) is 0 Å². The van der Waals surface area contributed by atoms with Crippen LogP contribution in [0, 0.1) is 0 Å². The van der Waals surface area contributed by atoms with Gasteiger partial charge in [-0.1, -0.05) is 0 Å². The molecule has 0 unspecified atom stereocenters. The molecule has 2 N–H and O–H groups in total. The highest BCUT2D eigenvalue weighted by molar-refractivity contribution is 5.99. The number of hydrazine groups is 1. The average molecular weight is 384 g/mol. The van der Waals surface area contributed by atoms with E-state index in [0.29, 0.717) is 35.0 Å². The van der Waals surface area contributed by atoms with Gasteiger partial charge in [0.25, 0.3) is 11.8 Å². The fourth-order valence-corrected chi connectivity index (χ4v) is 2.96. The number of benzene rings is 2. The molecule has 8 heteroatoms. The summed E-state index contributed by atoms with van der Waals surface area (Å²) in [6, 6.07) is 11.5. The van der Waals surface area contributed by atoms with Gasteiger partial charge in [0.1, 0.15) is 12.4 Å². The van der Waals surface area contributed by atoms with Gasteiger partial charge in [-0.3, -0.25) is 20.4 Å². The minimum absolute atomic E-state index is 0.129. The second-order valence-corrected chi connectivity index (χ2v) is 6.45. The molecule has 1 atom stereocenters. The summed E-state index contributed by atoms with van der Waals surface area (Å²) in [5.74, 6) is 0.860. The Morgan fingerprint density at radius 1 is 0.964 bits per heavy atom. The lowest BCUT2D eigenvalue weighted by molar-refractivity contribution is 0.0679. The monoisotopic (exact) mass is 384 g/mol. The molecule has 146 valence electrons. The molecule has 8 nitrogen and oxygen atoms in total. The summed E-state index contributed by atoms with van der Waals surface area (Å²) < 4.78 is 21.6. The van der Waals surface area contributed by atoms with Gasteiger partial charge in [0, 0.05) is 17.7 Å². The number of amides is 2. The van der Waals surface area contributed by atoms with Crippen LogP contribution in [0.1, 0.15) is 33.6 Å². The third-order valence-electron chi connectivity index (χ3n) is 4.50. The molecule has 28 heavy (non-hydrogen) atoms. The first-order chi connectivity index (χ1) is 13.7. The van der Waals surface area contributed by atoms with Gasteiger partial charge in [-0.15, -0.1) is 0 Å². The highest BCUT2D eigenvalue weighted by Gasteiger charge is 2.17. The summed E-state index contributed by atoms with van der Waals surface area (Å²) in [4.78, 5) is 24.4. The number of hydrogen-bond acceptors (Lipinski definition) is 6. The van der Waals surface area contributed by atoms with E-state index in [4.69, 9.17) is 18.9 Å². The van der Waals surface area contributed by atoms with E-state index in [1.165, 1.54) is 0 Å². The fourth-order valence-electron chi connectivity index (χ4n) is 2.96. The van der Waals surface area contributed by atoms with Crippen LogP contribution in [0.15, 0.2) is 42.5 Å². The third kappa shape index (κ3) is 4.17. The molecule has 4 rings (SSSR count). The summed E-state index contributed by atoms with van der Waals surface area (Å²) in [7, 11) is 0. The second kappa shape index (κ2) is 8.18. The molecule has 0 saturated carbocycles. The van der Waals surface area contributed by atoms with Crippen molar-refractivity contribution in [2.45, 2.75) is 18.9 Å². The Morgan fingerprint density at radius 3 is 2.43 bits per heavy atom. The topological polar surface area (TPSA) is 95.1 Å². The molecule has 2 aliphatic heterocycles. The maximum absolute atomic E-state index is 12.2. The Morgan fingerprint density at radius 2 is 1.68 bits per heavy atom. The van der Waals surface area contributed by atoms with Crippen molar-refractivity contribution in [1.29, 1.82) is 0 Å². The summed E-state index contributed by atoms with van der Waals surface area (Å²) in [6.45, 7) is 1.41. The number of nitrogens with one attached hydrogen (secondary N) is 2. The normalized spacial score (nSPS) is 17.2. The molecule has 2 aromatic rings. The average Bonchev–Trinajstić information content (AvgIpc) is 3.41. The van der Waals surface area contributed by atoms with Gasteiger partial charge in [0.2, 0.25) is 6.79 Å². The summed E-state index contributed by atoms with van der Waals surface area (Å²) in [6.07, 6.45) is 2.20. The first-order valence-corrected chi connectivity index (χ1v) is 9.04. The fraction of sp³-hybridized carbons (Fsp3) is 0.300. The van der Waals surface area contributed by atoms with Crippen LogP contribution in [0.2, 0.25) is 0 Å². The van der Waals surface area contributed by atoms with Gasteiger partial charge >= 0.3 is 0 Å². The second-order valence-electron chi connectivity index (χ2n) is 6.45. The molecule has 2 aliphatic rings. The number of fused-ring (bicyclic) bond motifs is 1. The summed E-state index contributed by atoms with van der Waals surface area (Å²) in [5.41, 5.74) is 5.52. The molecule has 0 bridgehead atoms. The van der Waals surface area contributed by atoms with Gasteiger partial charge in [-0.2, -0.15) is 0 Å². The van der Waals surface area contributed by atoms with Gasteiger partial charge in [-0.25, -0.2) is 0 Å². The molecule has 0 radical (unpaired) electrons. The molecule has 2 heterocycles.